The molecule has 0 spiro atoms. The predicted octanol–water partition coefficient (Wildman–Crippen LogP) is 5.08. The standard InChI is InChI=1S/C26H31BrN8S2/c27-20-7-5-19(6-8-20)21-18-37-25(28-21)31-26(36)35-15-13-33(14-16-35)23-17-22(32-9-1-2-10-32)29-24(30-23)34-11-3-4-12-34/h5-8,17-18H,1-4,9-16H2,(H,28,31,36). The first-order chi connectivity index (χ1) is 18.1. The van der Waals surface area contributed by atoms with Crippen molar-refractivity contribution in [2.24, 2.45) is 0 Å². The van der Waals surface area contributed by atoms with Gasteiger partial charge in [0.1, 0.15) is 11.6 Å². The van der Waals surface area contributed by atoms with Gasteiger partial charge in [-0.3, -0.25) is 0 Å². The molecule has 8 nitrogen and oxygen atoms in total. The number of thiazole rings is 1. The third-order valence-electron chi connectivity index (χ3n) is 7.26. The number of anilines is 4. The van der Waals surface area contributed by atoms with E-state index < -0.39 is 0 Å². The lowest BCUT2D eigenvalue weighted by Crippen LogP contribution is -2.50. The second-order valence-electron chi connectivity index (χ2n) is 9.72. The van der Waals surface area contributed by atoms with Crippen molar-refractivity contribution in [2.45, 2.75) is 25.7 Å². The fraction of sp³-hybridized carbons (Fsp3) is 0.462. The molecule has 6 rings (SSSR count). The van der Waals surface area contributed by atoms with Crippen molar-refractivity contribution in [3.8, 4) is 11.3 Å². The van der Waals surface area contributed by atoms with Crippen LogP contribution in [0.25, 0.3) is 11.3 Å². The molecule has 0 saturated carbocycles. The first-order valence-corrected chi connectivity index (χ1v) is 15.1. The van der Waals surface area contributed by atoms with Crippen LogP contribution in [0, 0.1) is 0 Å². The molecule has 1 aromatic carbocycles. The van der Waals surface area contributed by atoms with E-state index in [1.807, 2.05) is 12.1 Å². The zero-order chi connectivity index (χ0) is 25.2. The predicted molar refractivity (Wildman–Crippen MR) is 160 cm³/mol. The number of halogens is 1. The number of aromatic nitrogens is 3. The van der Waals surface area contributed by atoms with E-state index in [-0.39, 0.29) is 0 Å². The van der Waals surface area contributed by atoms with Crippen LogP contribution in [0.1, 0.15) is 25.7 Å². The molecular weight excluding hydrogens is 568 g/mol. The first kappa shape index (κ1) is 24.8. The Bertz CT molecular complexity index is 1200. The highest BCUT2D eigenvalue weighted by Gasteiger charge is 2.25. The van der Waals surface area contributed by atoms with Crippen molar-refractivity contribution < 1.29 is 0 Å². The van der Waals surface area contributed by atoms with Gasteiger partial charge in [0.05, 0.1) is 5.69 Å². The van der Waals surface area contributed by atoms with Gasteiger partial charge in [0, 0.05) is 73.8 Å². The molecule has 3 fully saturated rings. The number of thiocarbonyl (C=S) groups is 1. The summed E-state index contributed by atoms with van der Waals surface area (Å²) >= 11 is 10.8. The van der Waals surface area contributed by atoms with Crippen LogP contribution < -0.4 is 20.0 Å². The van der Waals surface area contributed by atoms with Crippen LogP contribution >= 0.6 is 39.5 Å². The number of rotatable bonds is 5. The fourth-order valence-corrected chi connectivity index (χ4v) is 6.46. The fourth-order valence-electron chi connectivity index (χ4n) is 5.13. The van der Waals surface area contributed by atoms with Gasteiger partial charge in [-0.15, -0.1) is 11.3 Å². The average molecular weight is 600 g/mol. The minimum Gasteiger partial charge on any atom is -0.356 e. The van der Waals surface area contributed by atoms with E-state index in [9.17, 15) is 0 Å². The van der Waals surface area contributed by atoms with Crippen LogP contribution in [0.5, 0.6) is 0 Å². The van der Waals surface area contributed by atoms with E-state index in [1.165, 1.54) is 25.7 Å². The summed E-state index contributed by atoms with van der Waals surface area (Å²) in [4.78, 5) is 24.1. The van der Waals surface area contributed by atoms with Gasteiger partial charge in [0.25, 0.3) is 0 Å². The molecule has 3 aliphatic heterocycles. The van der Waals surface area contributed by atoms with Gasteiger partial charge in [0.15, 0.2) is 10.2 Å². The van der Waals surface area contributed by atoms with Crippen molar-refractivity contribution >= 4 is 67.3 Å². The van der Waals surface area contributed by atoms with Crippen molar-refractivity contribution in [2.75, 3.05) is 72.4 Å². The Morgan fingerprint density at radius 2 is 1.38 bits per heavy atom. The van der Waals surface area contributed by atoms with Gasteiger partial charge >= 0.3 is 0 Å². The van der Waals surface area contributed by atoms with Gasteiger partial charge in [0.2, 0.25) is 5.95 Å². The number of nitrogens with zero attached hydrogens (tertiary/aromatic N) is 7. The van der Waals surface area contributed by atoms with E-state index in [4.69, 9.17) is 27.2 Å². The Kier molecular flexibility index (Phi) is 7.43. The Morgan fingerprint density at radius 1 is 0.784 bits per heavy atom. The summed E-state index contributed by atoms with van der Waals surface area (Å²) in [5.74, 6) is 3.01. The number of nitrogens with one attached hydrogen (secondary N) is 1. The molecule has 3 saturated heterocycles. The Balaban J connectivity index is 1.10. The lowest BCUT2D eigenvalue weighted by molar-refractivity contribution is 0.389. The molecule has 37 heavy (non-hydrogen) atoms. The van der Waals surface area contributed by atoms with Gasteiger partial charge in [-0.05, 0) is 50.0 Å². The lowest BCUT2D eigenvalue weighted by Gasteiger charge is -2.37. The Labute approximate surface area is 235 Å². The molecule has 3 aromatic rings. The molecule has 3 aliphatic rings. The lowest BCUT2D eigenvalue weighted by atomic mass is 10.2. The van der Waals surface area contributed by atoms with Gasteiger partial charge in [-0.25, -0.2) is 4.98 Å². The highest BCUT2D eigenvalue weighted by Crippen LogP contribution is 2.29. The van der Waals surface area contributed by atoms with Gasteiger partial charge in [-0.1, -0.05) is 28.1 Å². The van der Waals surface area contributed by atoms with E-state index >= 15 is 0 Å². The molecule has 0 aliphatic carbocycles. The summed E-state index contributed by atoms with van der Waals surface area (Å²) in [7, 11) is 0. The average Bonchev–Trinajstić information content (AvgIpc) is 3.72. The van der Waals surface area contributed by atoms with E-state index in [0.29, 0.717) is 0 Å². The maximum atomic E-state index is 5.76. The zero-order valence-electron chi connectivity index (χ0n) is 20.8. The number of piperazine rings is 1. The summed E-state index contributed by atoms with van der Waals surface area (Å²) in [5.41, 5.74) is 2.05. The van der Waals surface area contributed by atoms with Crippen molar-refractivity contribution in [3.63, 3.8) is 0 Å². The van der Waals surface area contributed by atoms with E-state index in [0.717, 1.165) is 95.9 Å². The maximum absolute atomic E-state index is 5.76. The first-order valence-electron chi connectivity index (χ1n) is 13.0. The van der Waals surface area contributed by atoms with Crippen LogP contribution in [-0.2, 0) is 0 Å². The van der Waals surface area contributed by atoms with Crippen LogP contribution in [0.15, 0.2) is 40.2 Å². The molecule has 0 atom stereocenters. The molecular formula is C26H31BrN8S2. The van der Waals surface area contributed by atoms with Crippen LogP contribution in [0.3, 0.4) is 0 Å². The molecule has 194 valence electrons. The summed E-state index contributed by atoms with van der Waals surface area (Å²) in [5, 5.41) is 6.98. The molecule has 11 heteroatoms. The van der Waals surface area contributed by atoms with E-state index in [2.05, 4.69) is 64.4 Å². The summed E-state index contributed by atoms with van der Waals surface area (Å²) in [6.45, 7) is 7.72. The van der Waals surface area contributed by atoms with Crippen molar-refractivity contribution in [1.29, 1.82) is 0 Å². The molecule has 1 N–H and O–H groups in total. The van der Waals surface area contributed by atoms with Crippen LogP contribution in [0.4, 0.5) is 22.7 Å². The van der Waals surface area contributed by atoms with Gasteiger partial charge < -0.3 is 24.9 Å². The van der Waals surface area contributed by atoms with Gasteiger partial charge in [-0.2, -0.15) is 9.97 Å². The number of hydrogen-bond donors (Lipinski definition) is 1. The topological polar surface area (TPSA) is 63.7 Å². The minimum atomic E-state index is 0.731. The number of benzene rings is 1. The highest BCUT2D eigenvalue weighted by atomic mass is 79.9. The van der Waals surface area contributed by atoms with Crippen molar-refractivity contribution in [1.82, 2.24) is 19.9 Å². The molecule has 0 radical (unpaired) electrons. The second kappa shape index (κ2) is 11.1. The van der Waals surface area contributed by atoms with Crippen LogP contribution in [0.2, 0.25) is 0 Å². The monoisotopic (exact) mass is 598 g/mol. The normalized spacial score (nSPS) is 18.1. The largest absolute Gasteiger partial charge is 0.356 e. The minimum absolute atomic E-state index is 0.731. The highest BCUT2D eigenvalue weighted by molar-refractivity contribution is 9.10. The van der Waals surface area contributed by atoms with Crippen LogP contribution in [-0.4, -0.2) is 77.3 Å². The second-order valence-corrected chi connectivity index (χ2v) is 11.9. The summed E-state index contributed by atoms with van der Waals surface area (Å²) in [6, 6.07) is 10.4. The number of hydrogen-bond acceptors (Lipinski definition) is 8. The maximum Gasteiger partial charge on any atom is 0.229 e. The quantitative estimate of drug-likeness (QED) is 0.405. The van der Waals surface area contributed by atoms with E-state index in [1.54, 1.807) is 11.3 Å². The summed E-state index contributed by atoms with van der Waals surface area (Å²) in [6.07, 6.45) is 4.93. The summed E-state index contributed by atoms with van der Waals surface area (Å²) < 4.78 is 1.06. The third kappa shape index (κ3) is 5.68. The molecule has 2 aromatic heterocycles. The molecule has 5 heterocycles. The Hall–Kier alpha value is -2.50. The molecule has 0 bridgehead atoms. The smallest absolute Gasteiger partial charge is 0.229 e. The zero-order valence-corrected chi connectivity index (χ0v) is 24.0. The molecule has 0 amide bonds. The SMILES string of the molecule is S=C(Nc1nc(-c2ccc(Br)cc2)cs1)N1CCN(c2cc(N3CCCC3)nc(N3CCCC3)n2)CC1. The Morgan fingerprint density at radius 3 is 2.03 bits per heavy atom. The third-order valence-corrected chi connectivity index (χ3v) is 8.90. The van der Waals surface area contributed by atoms with Crippen molar-refractivity contribution in [3.05, 3.63) is 40.2 Å². The molecule has 0 unspecified atom stereocenters.